The second-order valence-electron chi connectivity index (χ2n) is 5.14. The lowest BCUT2D eigenvalue weighted by molar-refractivity contribution is -0.0473. The standard InChI is InChI=1S/C15H22N2OS/c1-4-13-5-7-14(8-6-13)16-15(19)17-9-11(2)18-12(3)10-17/h5-8,11-12H,4,9-10H2,1-3H3,(H,16,19)/t11-,12-/m1/s1. The fourth-order valence-electron chi connectivity index (χ4n) is 2.37. The summed E-state index contributed by atoms with van der Waals surface area (Å²) in [5.74, 6) is 0. The van der Waals surface area contributed by atoms with Crippen LogP contribution in [0.2, 0.25) is 0 Å². The van der Waals surface area contributed by atoms with Crippen LogP contribution in [0.15, 0.2) is 24.3 Å². The molecule has 1 fully saturated rings. The average molecular weight is 278 g/mol. The molecule has 2 rings (SSSR count). The lowest BCUT2D eigenvalue weighted by Gasteiger charge is -2.36. The van der Waals surface area contributed by atoms with Gasteiger partial charge in [-0.25, -0.2) is 0 Å². The van der Waals surface area contributed by atoms with Crippen LogP contribution in [0.4, 0.5) is 5.69 Å². The Morgan fingerprint density at radius 2 is 1.84 bits per heavy atom. The third-order valence-electron chi connectivity index (χ3n) is 3.32. The van der Waals surface area contributed by atoms with Gasteiger partial charge < -0.3 is 15.0 Å². The van der Waals surface area contributed by atoms with Crippen molar-refractivity contribution >= 4 is 23.0 Å². The Morgan fingerprint density at radius 1 is 1.26 bits per heavy atom. The first-order valence-corrected chi connectivity index (χ1v) is 7.29. The van der Waals surface area contributed by atoms with Gasteiger partial charge in [-0.05, 0) is 50.2 Å². The van der Waals surface area contributed by atoms with E-state index in [4.69, 9.17) is 17.0 Å². The fourth-order valence-corrected chi connectivity index (χ4v) is 2.64. The summed E-state index contributed by atoms with van der Waals surface area (Å²) in [5, 5.41) is 4.09. The molecule has 0 amide bonds. The molecular formula is C15H22N2OS. The highest BCUT2D eigenvalue weighted by atomic mass is 32.1. The van der Waals surface area contributed by atoms with E-state index in [-0.39, 0.29) is 12.2 Å². The van der Waals surface area contributed by atoms with Crippen LogP contribution in [-0.4, -0.2) is 35.3 Å². The SMILES string of the molecule is CCc1ccc(NC(=S)N2C[C@@H](C)O[C@H](C)C2)cc1. The van der Waals surface area contributed by atoms with Gasteiger partial charge in [-0.1, -0.05) is 19.1 Å². The van der Waals surface area contributed by atoms with Crippen molar-refractivity contribution in [1.29, 1.82) is 0 Å². The third kappa shape index (κ3) is 3.91. The monoisotopic (exact) mass is 278 g/mol. The molecule has 0 bridgehead atoms. The molecule has 1 saturated heterocycles. The van der Waals surface area contributed by atoms with E-state index < -0.39 is 0 Å². The van der Waals surface area contributed by atoms with Crippen LogP contribution < -0.4 is 5.32 Å². The van der Waals surface area contributed by atoms with E-state index in [9.17, 15) is 0 Å². The maximum absolute atomic E-state index is 5.72. The molecule has 0 saturated carbocycles. The van der Waals surface area contributed by atoms with Gasteiger partial charge in [0.1, 0.15) is 0 Å². The number of anilines is 1. The zero-order valence-electron chi connectivity index (χ0n) is 11.8. The van der Waals surface area contributed by atoms with Crippen LogP contribution in [0.3, 0.4) is 0 Å². The first-order chi connectivity index (χ1) is 9.08. The van der Waals surface area contributed by atoms with Crippen LogP contribution in [0.5, 0.6) is 0 Å². The van der Waals surface area contributed by atoms with Crippen molar-refractivity contribution in [3.05, 3.63) is 29.8 Å². The van der Waals surface area contributed by atoms with Gasteiger partial charge in [-0.15, -0.1) is 0 Å². The number of hydrogen-bond acceptors (Lipinski definition) is 2. The molecule has 0 unspecified atom stereocenters. The van der Waals surface area contributed by atoms with Crippen molar-refractivity contribution in [3.63, 3.8) is 0 Å². The lowest BCUT2D eigenvalue weighted by Crippen LogP contribution is -2.49. The van der Waals surface area contributed by atoms with Gasteiger partial charge in [0.15, 0.2) is 5.11 Å². The van der Waals surface area contributed by atoms with E-state index in [0.717, 1.165) is 30.3 Å². The summed E-state index contributed by atoms with van der Waals surface area (Å²) in [6.45, 7) is 8.03. The van der Waals surface area contributed by atoms with Crippen molar-refractivity contribution in [3.8, 4) is 0 Å². The number of nitrogens with zero attached hydrogens (tertiary/aromatic N) is 1. The molecule has 4 heteroatoms. The van der Waals surface area contributed by atoms with Crippen LogP contribution in [0.25, 0.3) is 0 Å². The number of ether oxygens (including phenoxy) is 1. The molecule has 1 aliphatic rings. The number of hydrogen-bond donors (Lipinski definition) is 1. The second-order valence-corrected chi connectivity index (χ2v) is 5.53. The number of thiocarbonyl (C=S) groups is 1. The molecule has 3 nitrogen and oxygen atoms in total. The Kier molecular flexibility index (Phi) is 4.77. The van der Waals surface area contributed by atoms with Gasteiger partial charge in [-0.3, -0.25) is 0 Å². The number of morpholine rings is 1. The Bertz CT molecular complexity index is 422. The topological polar surface area (TPSA) is 24.5 Å². The molecule has 1 heterocycles. The minimum Gasteiger partial charge on any atom is -0.372 e. The predicted octanol–water partition coefficient (Wildman–Crippen LogP) is 3.06. The summed E-state index contributed by atoms with van der Waals surface area (Å²) in [7, 11) is 0. The van der Waals surface area contributed by atoms with Crippen LogP contribution in [0.1, 0.15) is 26.3 Å². The number of nitrogens with one attached hydrogen (secondary N) is 1. The number of rotatable bonds is 2. The van der Waals surface area contributed by atoms with Crippen molar-refractivity contribution < 1.29 is 4.74 Å². The van der Waals surface area contributed by atoms with E-state index >= 15 is 0 Å². The van der Waals surface area contributed by atoms with Crippen molar-refractivity contribution in [1.82, 2.24) is 4.90 Å². The van der Waals surface area contributed by atoms with E-state index in [1.54, 1.807) is 0 Å². The average Bonchev–Trinajstić information content (AvgIpc) is 2.38. The molecule has 104 valence electrons. The molecule has 1 aromatic carbocycles. The molecule has 19 heavy (non-hydrogen) atoms. The smallest absolute Gasteiger partial charge is 0.173 e. The van der Waals surface area contributed by atoms with E-state index in [2.05, 4.69) is 55.3 Å². The van der Waals surface area contributed by atoms with Crippen molar-refractivity contribution in [2.75, 3.05) is 18.4 Å². The summed E-state index contributed by atoms with van der Waals surface area (Å²) >= 11 is 5.48. The molecule has 1 N–H and O–H groups in total. The number of aryl methyl sites for hydroxylation is 1. The molecular weight excluding hydrogens is 256 g/mol. The third-order valence-corrected chi connectivity index (χ3v) is 3.68. The predicted molar refractivity (Wildman–Crippen MR) is 83.6 cm³/mol. The molecule has 1 aliphatic heterocycles. The van der Waals surface area contributed by atoms with Gasteiger partial charge in [0.2, 0.25) is 0 Å². The highest BCUT2D eigenvalue weighted by molar-refractivity contribution is 7.80. The van der Waals surface area contributed by atoms with Gasteiger partial charge in [0, 0.05) is 18.8 Å². The second kappa shape index (κ2) is 6.35. The summed E-state index contributed by atoms with van der Waals surface area (Å²) in [4.78, 5) is 2.18. The van der Waals surface area contributed by atoms with E-state index in [1.165, 1.54) is 5.56 Å². The molecule has 2 atom stereocenters. The van der Waals surface area contributed by atoms with Crippen molar-refractivity contribution in [2.24, 2.45) is 0 Å². The van der Waals surface area contributed by atoms with Crippen molar-refractivity contribution in [2.45, 2.75) is 39.4 Å². The molecule has 1 aromatic rings. The maximum Gasteiger partial charge on any atom is 0.173 e. The largest absolute Gasteiger partial charge is 0.372 e. The quantitative estimate of drug-likeness (QED) is 0.840. The van der Waals surface area contributed by atoms with Gasteiger partial charge in [0.25, 0.3) is 0 Å². The Morgan fingerprint density at radius 3 is 2.37 bits per heavy atom. The first-order valence-electron chi connectivity index (χ1n) is 6.88. The minimum absolute atomic E-state index is 0.228. The first kappa shape index (κ1) is 14.3. The van der Waals surface area contributed by atoms with Crippen LogP contribution in [0, 0.1) is 0 Å². The van der Waals surface area contributed by atoms with E-state index in [1.807, 2.05) is 0 Å². The zero-order chi connectivity index (χ0) is 13.8. The molecule has 0 aromatic heterocycles. The van der Waals surface area contributed by atoms with E-state index in [0.29, 0.717) is 0 Å². The summed E-state index contributed by atoms with van der Waals surface area (Å²) in [5.41, 5.74) is 2.39. The fraction of sp³-hybridized carbons (Fsp3) is 0.533. The summed E-state index contributed by atoms with van der Waals surface area (Å²) in [6.07, 6.45) is 1.51. The lowest BCUT2D eigenvalue weighted by atomic mass is 10.1. The Labute approximate surface area is 120 Å². The Balaban J connectivity index is 1.96. The highest BCUT2D eigenvalue weighted by Crippen LogP contribution is 2.14. The zero-order valence-corrected chi connectivity index (χ0v) is 12.7. The Hall–Kier alpha value is -1.13. The maximum atomic E-state index is 5.72. The highest BCUT2D eigenvalue weighted by Gasteiger charge is 2.23. The molecule has 0 aliphatic carbocycles. The summed E-state index contributed by atoms with van der Waals surface area (Å²) in [6, 6.07) is 8.43. The van der Waals surface area contributed by atoms with Gasteiger partial charge in [0.05, 0.1) is 12.2 Å². The van der Waals surface area contributed by atoms with Gasteiger partial charge >= 0.3 is 0 Å². The molecule has 0 radical (unpaired) electrons. The van der Waals surface area contributed by atoms with Crippen LogP contribution >= 0.6 is 12.2 Å². The minimum atomic E-state index is 0.228. The van der Waals surface area contributed by atoms with Crippen LogP contribution in [-0.2, 0) is 11.2 Å². The summed E-state index contributed by atoms with van der Waals surface area (Å²) < 4.78 is 5.72. The van der Waals surface area contributed by atoms with Gasteiger partial charge in [-0.2, -0.15) is 0 Å². The number of benzene rings is 1. The normalized spacial score (nSPS) is 23.2. The molecule has 0 spiro atoms.